The second-order valence-electron chi connectivity index (χ2n) is 8.20. The SMILES string of the molecule is CN=C(NCc1ccc(N2CC=CC2)cc1)N1CCN(CC(=O)N2CCOCC2)CC1.I. The van der Waals surface area contributed by atoms with Crippen LogP contribution in [0.15, 0.2) is 41.4 Å². The van der Waals surface area contributed by atoms with E-state index in [4.69, 9.17) is 4.74 Å². The van der Waals surface area contributed by atoms with Crippen molar-refractivity contribution in [3.05, 3.63) is 42.0 Å². The lowest BCUT2D eigenvalue weighted by Crippen LogP contribution is -2.54. The summed E-state index contributed by atoms with van der Waals surface area (Å²) in [4.78, 5) is 25.7. The molecule has 1 N–H and O–H groups in total. The highest BCUT2D eigenvalue weighted by atomic mass is 127. The van der Waals surface area contributed by atoms with Crippen molar-refractivity contribution in [1.82, 2.24) is 20.0 Å². The van der Waals surface area contributed by atoms with Crippen LogP contribution in [0.3, 0.4) is 0 Å². The van der Waals surface area contributed by atoms with E-state index in [0.717, 1.165) is 51.8 Å². The third-order valence-corrected chi connectivity index (χ3v) is 6.18. The quantitative estimate of drug-likeness (QED) is 0.256. The van der Waals surface area contributed by atoms with Crippen molar-refractivity contribution < 1.29 is 9.53 Å². The maximum Gasteiger partial charge on any atom is 0.236 e. The number of nitrogens with zero attached hydrogens (tertiary/aromatic N) is 5. The molecule has 3 aliphatic rings. The maximum absolute atomic E-state index is 12.5. The molecule has 2 fully saturated rings. The molecular formula is C23H35IN6O2. The Labute approximate surface area is 208 Å². The van der Waals surface area contributed by atoms with Gasteiger partial charge >= 0.3 is 0 Å². The van der Waals surface area contributed by atoms with E-state index < -0.39 is 0 Å². The Balaban J connectivity index is 0.00000289. The second-order valence-corrected chi connectivity index (χ2v) is 8.20. The molecule has 1 amide bonds. The molecule has 176 valence electrons. The number of aliphatic imine (C=N–C) groups is 1. The smallest absolute Gasteiger partial charge is 0.236 e. The van der Waals surface area contributed by atoms with Crippen LogP contribution >= 0.6 is 24.0 Å². The van der Waals surface area contributed by atoms with Crippen LogP contribution in [0.4, 0.5) is 5.69 Å². The van der Waals surface area contributed by atoms with Crippen molar-refractivity contribution in [2.24, 2.45) is 4.99 Å². The number of hydrogen-bond acceptors (Lipinski definition) is 5. The lowest BCUT2D eigenvalue weighted by atomic mass is 10.2. The number of benzene rings is 1. The Hall–Kier alpha value is -1.85. The summed E-state index contributed by atoms with van der Waals surface area (Å²) in [5.41, 5.74) is 2.51. The van der Waals surface area contributed by atoms with Crippen LogP contribution in [0.5, 0.6) is 0 Å². The van der Waals surface area contributed by atoms with Gasteiger partial charge in [-0.1, -0.05) is 24.3 Å². The molecule has 4 rings (SSSR count). The van der Waals surface area contributed by atoms with E-state index in [1.54, 1.807) is 0 Å². The fraction of sp³-hybridized carbons (Fsp3) is 0.565. The predicted octanol–water partition coefficient (Wildman–Crippen LogP) is 1.23. The molecule has 0 atom stereocenters. The number of guanidine groups is 1. The average Bonchev–Trinajstić information content (AvgIpc) is 3.36. The molecule has 3 aliphatic heterocycles. The predicted molar refractivity (Wildman–Crippen MR) is 139 cm³/mol. The Kier molecular flexibility index (Phi) is 9.61. The molecule has 9 heteroatoms. The van der Waals surface area contributed by atoms with E-state index in [0.29, 0.717) is 32.8 Å². The number of halogens is 1. The van der Waals surface area contributed by atoms with Gasteiger partial charge in [-0.05, 0) is 17.7 Å². The minimum absolute atomic E-state index is 0. The van der Waals surface area contributed by atoms with Crippen molar-refractivity contribution in [3.8, 4) is 0 Å². The fourth-order valence-electron chi connectivity index (χ4n) is 4.25. The first-order valence-electron chi connectivity index (χ1n) is 11.3. The van der Waals surface area contributed by atoms with Crippen LogP contribution in [0.25, 0.3) is 0 Å². The van der Waals surface area contributed by atoms with Gasteiger partial charge in [-0.3, -0.25) is 14.7 Å². The molecule has 0 saturated carbocycles. The summed E-state index contributed by atoms with van der Waals surface area (Å²) in [6.07, 6.45) is 4.41. The zero-order valence-electron chi connectivity index (χ0n) is 18.9. The molecule has 2 saturated heterocycles. The standard InChI is InChI=1S/C23H34N6O2.HI/c1-24-23(25-18-20-4-6-21(7-5-20)27-8-2-3-9-27)29-12-10-26(11-13-29)19-22(30)28-14-16-31-17-15-28;/h2-7H,8-19H2,1H3,(H,24,25);1H. The van der Waals surface area contributed by atoms with E-state index in [1.807, 2.05) is 11.9 Å². The van der Waals surface area contributed by atoms with Gasteiger partial charge in [-0.2, -0.15) is 0 Å². The number of morpholine rings is 1. The van der Waals surface area contributed by atoms with Gasteiger partial charge in [0, 0.05) is 71.6 Å². The zero-order valence-corrected chi connectivity index (χ0v) is 21.2. The first kappa shape index (κ1) is 24.8. The van der Waals surface area contributed by atoms with Crippen molar-refractivity contribution in [2.75, 3.05) is 84.1 Å². The molecule has 32 heavy (non-hydrogen) atoms. The minimum Gasteiger partial charge on any atom is -0.378 e. The fourth-order valence-corrected chi connectivity index (χ4v) is 4.25. The molecule has 0 aromatic heterocycles. The number of anilines is 1. The van der Waals surface area contributed by atoms with E-state index in [1.165, 1.54) is 11.3 Å². The number of carbonyl (C=O) groups is 1. The molecule has 0 radical (unpaired) electrons. The average molecular weight is 554 g/mol. The Morgan fingerprint density at radius 2 is 1.62 bits per heavy atom. The summed E-state index contributed by atoms with van der Waals surface area (Å²) in [6.45, 7) is 9.46. The monoisotopic (exact) mass is 554 g/mol. The van der Waals surface area contributed by atoms with Crippen molar-refractivity contribution in [3.63, 3.8) is 0 Å². The molecule has 0 spiro atoms. The second kappa shape index (κ2) is 12.4. The summed E-state index contributed by atoms with van der Waals surface area (Å²) in [6, 6.07) is 8.75. The van der Waals surface area contributed by atoms with Gasteiger partial charge < -0.3 is 24.8 Å². The van der Waals surface area contributed by atoms with Crippen LogP contribution < -0.4 is 10.2 Å². The van der Waals surface area contributed by atoms with Gasteiger partial charge in [0.25, 0.3) is 0 Å². The normalized spacial score (nSPS) is 19.8. The molecule has 0 aliphatic carbocycles. The summed E-state index contributed by atoms with van der Waals surface area (Å²) in [7, 11) is 1.83. The van der Waals surface area contributed by atoms with E-state index in [9.17, 15) is 4.79 Å². The number of amides is 1. The van der Waals surface area contributed by atoms with Gasteiger partial charge in [0.15, 0.2) is 5.96 Å². The van der Waals surface area contributed by atoms with Gasteiger partial charge in [-0.25, -0.2) is 0 Å². The Bertz CT molecular complexity index is 778. The number of hydrogen-bond donors (Lipinski definition) is 1. The third kappa shape index (κ3) is 6.58. The van der Waals surface area contributed by atoms with E-state index >= 15 is 0 Å². The van der Waals surface area contributed by atoms with E-state index in [2.05, 4.69) is 61.4 Å². The van der Waals surface area contributed by atoms with Crippen molar-refractivity contribution in [2.45, 2.75) is 6.54 Å². The zero-order chi connectivity index (χ0) is 21.5. The highest BCUT2D eigenvalue weighted by Crippen LogP contribution is 2.17. The largest absolute Gasteiger partial charge is 0.378 e. The van der Waals surface area contributed by atoms with Gasteiger partial charge in [0.2, 0.25) is 5.91 Å². The van der Waals surface area contributed by atoms with Gasteiger partial charge in [0.1, 0.15) is 0 Å². The number of rotatable bonds is 5. The maximum atomic E-state index is 12.5. The first-order chi connectivity index (χ1) is 15.2. The van der Waals surface area contributed by atoms with Crippen LogP contribution in [0.2, 0.25) is 0 Å². The lowest BCUT2D eigenvalue weighted by Gasteiger charge is -2.37. The summed E-state index contributed by atoms with van der Waals surface area (Å²) in [5, 5.41) is 3.49. The Morgan fingerprint density at radius 1 is 0.969 bits per heavy atom. The molecular weight excluding hydrogens is 519 g/mol. The number of piperazine rings is 1. The summed E-state index contributed by atoms with van der Waals surface area (Å²) in [5.74, 6) is 1.14. The highest BCUT2D eigenvalue weighted by Gasteiger charge is 2.24. The molecule has 0 unspecified atom stereocenters. The first-order valence-corrected chi connectivity index (χ1v) is 11.3. The number of carbonyl (C=O) groups excluding carboxylic acids is 1. The minimum atomic E-state index is 0. The lowest BCUT2D eigenvalue weighted by molar-refractivity contribution is -0.136. The Morgan fingerprint density at radius 3 is 2.25 bits per heavy atom. The highest BCUT2D eigenvalue weighted by molar-refractivity contribution is 14.0. The van der Waals surface area contributed by atoms with Crippen LogP contribution in [-0.4, -0.2) is 106 Å². The van der Waals surface area contributed by atoms with Crippen molar-refractivity contribution >= 4 is 41.5 Å². The van der Waals surface area contributed by atoms with Crippen LogP contribution in [0, 0.1) is 0 Å². The van der Waals surface area contributed by atoms with Gasteiger partial charge in [-0.15, -0.1) is 24.0 Å². The van der Waals surface area contributed by atoms with E-state index in [-0.39, 0.29) is 29.9 Å². The molecule has 8 nitrogen and oxygen atoms in total. The molecule has 0 bridgehead atoms. The van der Waals surface area contributed by atoms with Crippen LogP contribution in [-0.2, 0) is 16.1 Å². The van der Waals surface area contributed by atoms with Crippen molar-refractivity contribution in [1.29, 1.82) is 0 Å². The molecule has 1 aromatic rings. The third-order valence-electron chi connectivity index (χ3n) is 6.18. The number of nitrogens with one attached hydrogen (secondary N) is 1. The molecule has 1 aromatic carbocycles. The van der Waals surface area contributed by atoms with Crippen LogP contribution in [0.1, 0.15) is 5.56 Å². The topological polar surface area (TPSA) is 63.7 Å². The molecule has 3 heterocycles. The van der Waals surface area contributed by atoms with Gasteiger partial charge in [0.05, 0.1) is 19.8 Å². The summed E-state index contributed by atoms with van der Waals surface area (Å²) < 4.78 is 5.34. The number of ether oxygens (including phenoxy) is 1. The summed E-state index contributed by atoms with van der Waals surface area (Å²) >= 11 is 0.